The Morgan fingerprint density at radius 1 is 1.35 bits per heavy atom. The van der Waals surface area contributed by atoms with E-state index in [1.165, 1.54) is 11.1 Å². The van der Waals surface area contributed by atoms with Crippen LogP contribution in [-0.4, -0.2) is 11.7 Å². The van der Waals surface area contributed by atoms with Gasteiger partial charge in [0.2, 0.25) is 0 Å². The van der Waals surface area contributed by atoms with Crippen molar-refractivity contribution in [1.82, 2.24) is 0 Å². The second kappa shape index (κ2) is 4.78. The lowest BCUT2D eigenvalue weighted by Crippen LogP contribution is -2.24. The van der Waals surface area contributed by atoms with Crippen LogP contribution in [0.15, 0.2) is 12.1 Å². The zero-order chi connectivity index (χ0) is 16.4. The molecule has 2 aromatic carbocycles. The minimum absolute atomic E-state index is 0.116. The molecule has 1 atom stereocenters. The van der Waals surface area contributed by atoms with E-state index in [2.05, 4.69) is 32.9 Å². The predicted octanol–water partition coefficient (Wildman–Crippen LogP) is 3.91. The van der Waals surface area contributed by atoms with Crippen LogP contribution in [0.4, 0.5) is 0 Å². The monoisotopic (exact) mass is 313 g/mol. The molecule has 0 saturated heterocycles. The van der Waals surface area contributed by atoms with Gasteiger partial charge in [0.1, 0.15) is 5.75 Å². The first-order chi connectivity index (χ1) is 11.0. The van der Waals surface area contributed by atoms with Gasteiger partial charge in [-0.1, -0.05) is 32.9 Å². The second-order valence-corrected chi connectivity index (χ2v) is 7.50. The maximum atomic E-state index is 10.9. The summed E-state index contributed by atoms with van der Waals surface area (Å²) in [6, 6.07) is 4.28. The van der Waals surface area contributed by atoms with Crippen molar-refractivity contribution < 1.29 is 14.7 Å². The van der Waals surface area contributed by atoms with E-state index in [9.17, 15) is 5.11 Å². The summed E-state index contributed by atoms with van der Waals surface area (Å²) in [5, 5.41) is 12.7. The molecule has 4 nitrogen and oxygen atoms in total. The van der Waals surface area contributed by atoms with Crippen molar-refractivity contribution in [3.8, 4) is 17.2 Å². The molecule has 1 aliphatic heterocycles. The smallest absolute Gasteiger partial charge is 0.196 e. The largest absolute Gasteiger partial charge is 0.504 e. The number of rotatable bonds is 1. The average molecular weight is 313 g/mol. The van der Waals surface area contributed by atoms with Crippen molar-refractivity contribution in [2.24, 2.45) is 5.90 Å². The van der Waals surface area contributed by atoms with Gasteiger partial charge in [-0.15, -0.1) is 0 Å². The fourth-order valence-electron chi connectivity index (χ4n) is 4.35. The Balaban J connectivity index is 2.14. The van der Waals surface area contributed by atoms with Crippen LogP contribution < -0.4 is 15.5 Å². The van der Waals surface area contributed by atoms with E-state index in [-0.39, 0.29) is 17.1 Å². The number of aryl methyl sites for hydroxylation is 1. The summed E-state index contributed by atoms with van der Waals surface area (Å²) in [5.41, 5.74) is 3.51. The molecule has 4 rings (SSSR count). The lowest BCUT2D eigenvalue weighted by atomic mass is 9.71. The lowest BCUT2D eigenvalue weighted by Gasteiger charge is -2.33. The number of hydrogen-bond acceptors (Lipinski definition) is 4. The molecular weight excluding hydrogens is 290 g/mol. The highest BCUT2D eigenvalue weighted by atomic mass is 16.6. The summed E-state index contributed by atoms with van der Waals surface area (Å²) in [5.74, 6) is 7.00. The highest BCUT2D eigenvalue weighted by Crippen LogP contribution is 2.53. The highest BCUT2D eigenvalue weighted by molar-refractivity contribution is 6.00. The third kappa shape index (κ3) is 1.88. The summed E-state index contributed by atoms with van der Waals surface area (Å²) >= 11 is 0. The van der Waals surface area contributed by atoms with E-state index in [1.807, 2.05) is 0 Å². The first kappa shape index (κ1) is 14.6. The molecule has 1 heterocycles. The summed E-state index contributed by atoms with van der Waals surface area (Å²) in [6.07, 6.45) is 3.23. The molecule has 1 aliphatic carbocycles. The van der Waals surface area contributed by atoms with Crippen molar-refractivity contribution in [3.63, 3.8) is 0 Å². The number of hydrogen-bond donors (Lipinski definition) is 2. The van der Waals surface area contributed by atoms with Gasteiger partial charge in [-0.05, 0) is 35.8 Å². The third-order valence-corrected chi connectivity index (χ3v) is 5.54. The van der Waals surface area contributed by atoms with Gasteiger partial charge in [0.05, 0.1) is 6.61 Å². The molecule has 4 heteroatoms. The Bertz CT molecular complexity index is 810. The molecule has 0 radical (unpaired) electrons. The topological polar surface area (TPSA) is 64.7 Å². The van der Waals surface area contributed by atoms with Crippen molar-refractivity contribution in [2.75, 3.05) is 6.61 Å². The summed E-state index contributed by atoms with van der Waals surface area (Å²) in [4.78, 5) is 5.08. The van der Waals surface area contributed by atoms with Gasteiger partial charge in [-0.3, -0.25) is 0 Å². The maximum absolute atomic E-state index is 10.9. The van der Waals surface area contributed by atoms with E-state index in [0.29, 0.717) is 12.4 Å². The maximum Gasteiger partial charge on any atom is 0.196 e. The van der Waals surface area contributed by atoms with Gasteiger partial charge >= 0.3 is 0 Å². The van der Waals surface area contributed by atoms with Crippen LogP contribution in [0.25, 0.3) is 10.8 Å². The van der Waals surface area contributed by atoms with E-state index in [4.69, 9.17) is 15.5 Å². The van der Waals surface area contributed by atoms with Crippen molar-refractivity contribution in [1.29, 1.82) is 0 Å². The first-order valence-electron chi connectivity index (χ1n) is 8.30. The number of nitrogens with two attached hydrogens (primary N) is 1. The second-order valence-electron chi connectivity index (χ2n) is 7.50. The molecule has 2 aliphatic rings. The van der Waals surface area contributed by atoms with Crippen LogP contribution >= 0.6 is 0 Å². The molecule has 1 unspecified atom stereocenters. The fraction of sp³-hybridized carbons (Fsp3) is 0.474. The number of phenolic OH excluding ortho intramolecular Hbond substituents is 1. The van der Waals surface area contributed by atoms with Gasteiger partial charge in [0, 0.05) is 22.3 Å². The zero-order valence-corrected chi connectivity index (χ0v) is 13.9. The van der Waals surface area contributed by atoms with Crippen LogP contribution in [0.2, 0.25) is 0 Å². The molecule has 23 heavy (non-hydrogen) atoms. The Morgan fingerprint density at radius 3 is 2.87 bits per heavy atom. The molecule has 0 bridgehead atoms. The van der Waals surface area contributed by atoms with Crippen LogP contribution in [0.3, 0.4) is 0 Å². The molecule has 0 amide bonds. The molecule has 122 valence electrons. The van der Waals surface area contributed by atoms with Gasteiger partial charge in [0.15, 0.2) is 11.5 Å². The van der Waals surface area contributed by atoms with Crippen LogP contribution in [0.5, 0.6) is 17.2 Å². The molecule has 0 fully saturated rings. The number of aromatic hydroxyl groups is 1. The van der Waals surface area contributed by atoms with E-state index in [1.54, 1.807) is 0 Å². The number of ether oxygens (including phenoxy) is 1. The molecule has 0 spiro atoms. The predicted molar refractivity (Wildman–Crippen MR) is 90.3 cm³/mol. The minimum atomic E-state index is 0.116. The van der Waals surface area contributed by atoms with Crippen molar-refractivity contribution in [3.05, 3.63) is 28.8 Å². The summed E-state index contributed by atoms with van der Waals surface area (Å²) in [7, 11) is 0. The van der Waals surface area contributed by atoms with Crippen LogP contribution in [0.1, 0.15) is 56.2 Å². The van der Waals surface area contributed by atoms with Crippen molar-refractivity contribution >= 4 is 10.8 Å². The lowest BCUT2D eigenvalue weighted by molar-refractivity contribution is 0.310. The molecule has 2 aromatic rings. The average Bonchev–Trinajstić information content (AvgIpc) is 2.89. The minimum Gasteiger partial charge on any atom is -0.504 e. The van der Waals surface area contributed by atoms with E-state index in [0.717, 1.165) is 41.3 Å². The Morgan fingerprint density at radius 2 is 2.13 bits per heavy atom. The fourth-order valence-corrected chi connectivity index (χ4v) is 4.35. The Hall–Kier alpha value is -1.94. The first-order valence-corrected chi connectivity index (χ1v) is 8.30. The van der Waals surface area contributed by atoms with Gasteiger partial charge in [0.25, 0.3) is 0 Å². The molecule has 0 saturated carbocycles. The quantitative estimate of drug-likeness (QED) is 0.784. The molecule has 0 aromatic heterocycles. The van der Waals surface area contributed by atoms with E-state index < -0.39 is 0 Å². The Labute approximate surface area is 136 Å². The summed E-state index contributed by atoms with van der Waals surface area (Å²) in [6.45, 7) is 7.17. The number of fused-ring (bicyclic) bond motifs is 5. The van der Waals surface area contributed by atoms with Gasteiger partial charge in [-0.25, -0.2) is 0 Å². The third-order valence-electron chi connectivity index (χ3n) is 5.54. The number of benzene rings is 2. The number of phenols is 1. The standard InChI is InChI=1S/C19H23NO3/c1-10-9-22-17-12-6-7-13-11(5-4-8-19(13,2)3)15(12)16(21)18(23-20)14(10)17/h6-7,10,21H,4-5,8-9,20H2,1-3H3. The normalized spacial score (nSPS) is 21.7. The summed E-state index contributed by atoms with van der Waals surface area (Å²) < 4.78 is 5.92. The molecule has 3 N–H and O–H groups in total. The van der Waals surface area contributed by atoms with Gasteiger partial charge in [-0.2, -0.15) is 5.90 Å². The van der Waals surface area contributed by atoms with Crippen LogP contribution in [0, 0.1) is 0 Å². The molecular formula is C19H23NO3. The van der Waals surface area contributed by atoms with Crippen LogP contribution in [-0.2, 0) is 11.8 Å². The highest BCUT2D eigenvalue weighted by Gasteiger charge is 2.35. The SMILES string of the molecule is CC1COc2c1c(ON)c(O)c1c3c(ccc21)C(C)(C)CCC3. The van der Waals surface area contributed by atoms with E-state index >= 15 is 0 Å². The van der Waals surface area contributed by atoms with Crippen molar-refractivity contribution in [2.45, 2.75) is 51.4 Å². The van der Waals surface area contributed by atoms with Gasteiger partial charge < -0.3 is 14.7 Å². The Kier molecular flexibility index (Phi) is 3.04. The zero-order valence-electron chi connectivity index (χ0n) is 13.9.